The van der Waals surface area contributed by atoms with Crippen molar-refractivity contribution in [3.05, 3.63) is 53.6 Å². The number of aromatic nitrogens is 2. The number of allylic oxidation sites excluding steroid dienone is 2. The molecule has 1 fully saturated rings. The van der Waals surface area contributed by atoms with Gasteiger partial charge in [0.05, 0.1) is 18.4 Å². The van der Waals surface area contributed by atoms with E-state index in [1.807, 2.05) is 22.7 Å². The topological polar surface area (TPSA) is 64.2 Å². The van der Waals surface area contributed by atoms with E-state index in [0.717, 1.165) is 50.2 Å². The standard InChI is InChI=1S/C23H30N4O/c1-26-15-20(25-16-26)14-23(28)27-11-9-17(10-12-27)19-7-8-22(24)21(13-19)18-5-3-2-4-6-18/h5,7-8,13,15-17H,2-4,6,9-12,14,24H2,1H3. The molecule has 148 valence electrons. The van der Waals surface area contributed by atoms with E-state index in [1.54, 1.807) is 6.33 Å². The largest absolute Gasteiger partial charge is 0.398 e. The number of aryl methyl sites for hydroxylation is 1. The number of nitrogen functional groups attached to an aromatic ring is 1. The van der Waals surface area contributed by atoms with Gasteiger partial charge in [0.15, 0.2) is 0 Å². The second kappa shape index (κ2) is 8.21. The molecule has 0 saturated carbocycles. The van der Waals surface area contributed by atoms with Gasteiger partial charge in [0.25, 0.3) is 0 Å². The van der Waals surface area contributed by atoms with E-state index >= 15 is 0 Å². The second-order valence-electron chi connectivity index (χ2n) is 8.18. The zero-order valence-corrected chi connectivity index (χ0v) is 16.7. The molecule has 1 amide bonds. The molecule has 1 aromatic carbocycles. The van der Waals surface area contributed by atoms with Crippen molar-refractivity contribution in [2.45, 2.75) is 50.9 Å². The number of rotatable bonds is 4. The van der Waals surface area contributed by atoms with Crippen molar-refractivity contribution in [3.63, 3.8) is 0 Å². The van der Waals surface area contributed by atoms with Gasteiger partial charge in [0, 0.05) is 37.6 Å². The first-order valence-corrected chi connectivity index (χ1v) is 10.4. The first kappa shape index (κ1) is 18.8. The van der Waals surface area contributed by atoms with Gasteiger partial charge >= 0.3 is 0 Å². The molecule has 28 heavy (non-hydrogen) atoms. The van der Waals surface area contributed by atoms with Crippen LogP contribution in [0.5, 0.6) is 0 Å². The highest BCUT2D eigenvalue weighted by molar-refractivity contribution is 5.78. The van der Waals surface area contributed by atoms with Crippen LogP contribution in [-0.2, 0) is 18.3 Å². The normalized spacial score (nSPS) is 18.2. The third-order valence-electron chi connectivity index (χ3n) is 6.12. The molecule has 2 aliphatic rings. The summed E-state index contributed by atoms with van der Waals surface area (Å²) in [4.78, 5) is 18.8. The van der Waals surface area contributed by atoms with Gasteiger partial charge in [-0.15, -0.1) is 0 Å². The van der Waals surface area contributed by atoms with E-state index in [4.69, 9.17) is 5.73 Å². The van der Waals surface area contributed by atoms with E-state index in [9.17, 15) is 4.79 Å². The van der Waals surface area contributed by atoms with Crippen LogP contribution in [-0.4, -0.2) is 33.4 Å². The summed E-state index contributed by atoms with van der Waals surface area (Å²) < 4.78 is 1.88. The summed E-state index contributed by atoms with van der Waals surface area (Å²) >= 11 is 0. The number of nitrogens with two attached hydrogens (primary N) is 1. The molecule has 0 atom stereocenters. The fourth-order valence-electron chi connectivity index (χ4n) is 4.48. The lowest BCUT2D eigenvalue weighted by atomic mass is 9.85. The van der Waals surface area contributed by atoms with Gasteiger partial charge in [0.1, 0.15) is 0 Å². The molecule has 4 rings (SSSR count). The Labute approximate surface area is 167 Å². The fourth-order valence-corrected chi connectivity index (χ4v) is 4.48. The predicted molar refractivity (Wildman–Crippen MR) is 113 cm³/mol. The van der Waals surface area contributed by atoms with Gasteiger partial charge in [0.2, 0.25) is 5.91 Å². The predicted octanol–water partition coefficient (Wildman–Crippen LogP) is 3.91. The van der Waals surface area contributed by atoms with Crippen molar-refractivity contribution in [2.24, 2.45) is 7.05 Å². The van der Waals surface area contributed by atoms with Crippen LogP contribution in [0.25, 0.3) is 5.57 Å². The van der Waals surface area contributed by atoms with Gasteiger partial charge in [-0.3, -0.25) is 4.79 Å². The Bertz CT molecular complexity index is 874. The molecule has 0 unspecified atom stereocenters. The lowest BCUT2D eigenvalue weighted by molar-refractivity contribution is -0.131. The fraction of sp³-hybridized carbons (Fsp3) is 0.478. The summed E-state index contributed by atoms with van der Waals surface area (Å²) in [5.41, 5.74) is 12.0. The molecule has 1 aromatic heterocycles. The smallest absolute Gasteiger partial charge is 0.228 e. The monoisotopic (exact) mass is 378 g/mol. The summed E-state index contributed by atoms with van der Waals surface area (Å²) in [6, 6.07) is 6.56. The number of hydrogen-bond donors (Lipinski definition) is 1. The van der Waals surface area contributed by atoms with E-state index in [2.05, 4.69) is 29.3 Å². The van der Waals surface area contributed by atoms with Crippen LogP contribution >= 0.6 is 0 Å². The van der Waals surface area contributed by atoms with Crippen LogP contribution in [0.15, 0.2) is 36.8 Å². The number of benzene rings is 1. The van der Waals surface area contributed by atoms with E-state index in [-0.39, 0.29) is 5.91 Å². The Morgan fingerprint density at radius 1 is 1.25 bits per heavy atom. The average molecular weight is 379 g/mol. The maximum Gasteiger partial charge on any atom is 0.228 e. The van der Waals surface area contributed by atoms with E-state index < -0.39 is 0 Å². The first-order valence-electron chi connectivity index (χ1n) is 10.4. The Kier molecular flexibility index (Phi) is 5.51. The third-order valence-corrected chi connectivity index (χ3v) is 6.12. The van der Waals surface area contributed by atoms with Crippen molar-refractivity contribution in [2.75, 3.05) is 18.8 Å². The number of likely N-dealkylation sites (tertiary alicyclic amines) is 1. The minimum absolute atomic E-state index is 0.183. The minimum Gasteiger partial charge on any atom is -0.398 e. The van der Waals surface area contributed by atoms with Crippen molar-refractivity contribution < 1.29 is 4.79 Å². The van der Waals surface area contributed by atoms with Crippen LogP contribution < -0.4 is 5.73 Å². The van der Waals surface area contributed by atoms with Crippen molar-refractivity contribution >= 4 is 17.2 Å². The Hall–Kier alpha value is -2.56. The van der Waals surface area contributed by atoms with Crippen LogP contribution in [0.2, 0.25) is 0 Å². The van der Waals surface area contributed by atoms with Gasteiger partial charge in [-0.05, 0) is 67.7 Å². The number of carbonyl (C=O) groups excluding carboxylic acids is 1. The molecule has 5 heteroatoms. The molecule has 0 radical (unpaired) electrons. The van der Waals surface area contributed by atoms with E-state index in [1.165, 1.54) is 29.5 Å². The molecule has 1 saturated heterocycles. The molecule has 1 aliphatic carbocycles. The van der Waals surface area contributed by atoms with Crippen LogP contribution in [0, 0.1) is 0 Å². The van der Waals surface area contributed by atoms with Crippen LogP contribution in [0.1, 0.15) is 61.3 Å². The molecule has 0 spiro atoms. The van der Waals surface area contributed by atoms with Crippen molar-refractivity contribution in [1.29, 1.82) is 0 Å². The summed E-state index contributed by atoms with van der Waals surface area (Å²) in [5, 5.41) is 0. The molecule has 5 nitrogen and oxygen atoms in total. The Morgan fingerprint density at radius 3 is 2.75 bits per heavy atom. The molecule has 2 heterocycles. The number of carbonyl (C=O) groups is 1. The summed E-state index contributed by atoms with van der Waals surface area (Å²) in [7, 11) is 1.93. The van der Waals surface area contributed by atoms with Crippen LogP contribution in [0.3, 0.4) is 0 Å². The average Bonchev–Trinajstić information content (AvgIpc) is 3.14. The molecule has 2 N–H and O–H groups in total. The van der Waals surface area contributed by atoms with Gasteiger partial charge < -0.3 is 15.2 Å². The van der Waals surface area contributed by atoms with Crippen LogP contribution in [0.4, 0.5) is 5.69 Å². The number of amides is 1. The summed E-state index contributed by atoms with van der Waals surface area (Å²) in [6.45, 7) is 1.64. The zero-order chi connectivity index (χ0) is 19.5. The molecular formula is C23H30N4O. The lowest BCUT2D eigenvalue weighted by Gasteiger charge is -2.32. The Balaban J connectivity index is 1.39. The highest BCUT2D eigenvalue weighted by Gasteiger charge is 2.25. The number of nitrogens with zero attached hydrogens (tertiary/aromatic N) is 3. The number of piperidine rings is 1. The number of imidazole rings is 1. The first-order chi connectivity index (χ1) is 13.6. The second-order valence-corrected chi connectivity index (χ2v) is 8.18. The SMILES string of the molecule is Cn1cnc(CC(=O)N2CCC(c3ccc(N)c(C4=CCCCC4)c3)CC2)c1. The third kappa shape index (κ3) is 4.13. The molecular weight excluding hydrogens is 348 g/mol. The zero-order valence-electron chi connectivity index (χ0n) is 16.7. The number of hydrogen-bond acceptors (Lipinski definition) is 3. The summed E-state index contributed by atoms with van der Waals surface area (Å²) in [5.74, 6) is 0.685. The van der Waals surface area contributed by atoms with Gasteiger partial charge in [-0.2, -0.15) is 0 Å². The van der Waals surface area contributed by atoms with Crippen molar-refractivity contribution in [3.8, 4) is 0 Å². The summed E-state index contributed by atoms with van der Waals surface area (Å²) in [6.07, 6.45) is 13.3. The Morgan fingerprint density at radius 2 is 2.07 bits per heavy atom. The van der Waals surface area contributed by atoms with Gasteiger partial charge in [-0.1, -0.05) is 12.1 Å². The quantitative estimate of drug-likeness (QED) is 0.821. The number of anilines is 1. The van der Waals surface area contributed by atoms with Crippen molar-refractivity contribution in [1.82, 2.24) is 14.5 Å². The minimum atomic E-state index is 0.183. The van der Waals surface area contributed by atoms with Gasteiger partial charge in [-0.25, -0.2) is 4.98 Å². The maximum atomic E-state index is 12.6. The molecule has 2 aromatic rings. The van der Waals surface area contributed by atoms with E-state index in [0.29, 0.717) is 12.3 Å². The highest BCUT2D eigenvalue weighted by atomic mass is 16.2. The lowest BCUT2D eigenvalue weighted by Crippen LogP contribution is -2.38. The maximum absolute atomic E-state index is 12.6. The molecule has 0 bridgehead atoms. The molecule has 1 aliphatic heterocycles. The highest BCUT2D eigenvalue weighted by Crippen LogP contribution is 2.35.